The average Bonchev–Trinajstić information content (AvgIpc) is 3.15. The van der Waals surface area contributed by atoms with E-state index in [1.165, 1.54) is 64.2 Å². The minimum Gasteiger partial charge on any atom is -0.388 e. The number of hydrogen-bond donors (Lipinski definition) is 1. The van der Waals surface area contributed by atoms with Crippen LogP contribution in [0, 0.1) is 46.3 Å². The molecule has 9 unspecified atom stereocenters. The van der Waals surface area contributed by atoms with Gasteiger partial charge >= 0.3 is 0 Å². The average molecular weight is 517 g/mol. The zero-order valence-corrected chi connectivity index (χ0v) is 25.9. The predicted octanol–water partition coefficient (Wildman–Crippen LogP) is 7.87. The second-order valence-electron chi connectivity index (χ2n) is 15.7. The van der Waals surface area contributed by atoms with Gasteiger partial charge in [0.25, 0.3) is 0 Å². The quantitative estimate of drug-likeness (QED) is 0.224. The smallest absolute Gasteiger partial charge is 0.104 e. The predicted molar refractivity (Wildman–Crippen MR) is 156 cm³/mol. The summed E-state index contributed by atoms with van der Waals surface area (Å²) in [6.07, 6.45) is 18.0. The third-order valence-corrected chi connectivity index (χ3v) is 12.1. The Labute approximate surface area is 230 Å². The number of nitrogens with zero attached hydrogens (tertiary/aromatic N) is 1. The van der Waals surface area contributed by atoms with Crippen molar-refractivity contribution in [1.82, 2.24) is 0 Å². The molecule has 0 aliphatic heterocycles. The van der Waals surface area contributed by atoms with Crippen LogP contribution in [0.3, 0.4) is 0 Å². The highest BCUT2D eigenvalue weighted by molar-refractivity contribution is 5.25. The first-order chi connectivity index (χ1) is 17.4. The third-order valence-electron chi connectivity index (χ3n) is 12.1. The maximum Gasteiger partial charge on any atom is 0.104 e. The van der Waals surface area contributed by atoms with E-state index in [4.69, 9.17) is 4.74 Å². The Bertz CT molecular complexity index is 787. The fraction of sp³-hybridized carbons (Fsp3) is 0.941. The topological polar surface area (TPSA) is 29.5 Å². The lowest BCUT2D eigenvalue weighted by Crippen LogP contribution is -2.51. The summed E-state index contributed by atoms with van der Waals surface area (Å²) in [7, 11) is 4.41. The van der Waals surface area contributed by atoms with Gasteiger partial charge < -0.3 is 14.3 Å². The monoisotopic (exact) mass is 516 g/mol. The summed E-state index contributed by atoms with van der Waals surface area (Å²) < 4.78 is 7.29. The number of aliphatic hydroxyl groups excluding tert-OH is 1. The largest absolute Gasteiger partial charge is 0.388 e. The van der Waals surface area contributed by atoms with Gasteiger partial charge in [-0.25, -0.2) is 0 Å². The van der Waals surface area contributed by atoms with E-state index in [0.717, 1.165) is 66.1 Å². The van der Waals surface area contributed by atoms with Crippen LogP contribution in [0.5, 0.6) is 0 Å². The summed E-state index contributed by atoms with van der Waals surface area (Å²) in [5.74, 6) is 5.44. The van der Waals surface area contributed by atoms with Crippen LogP contribution in [0.15, 0.2) is 11.6 Å². The first-order valence-electron chi connectivity index (χ1n) is 16.2. The Morgan fingerprint density at radius 2 is 1.76 bits per heavy atom. The summed E-state index contributed by atoms with van der Waals surface area (Å²) in [5, 5.41) is 9.79. The van der Waals surface area contributed by atoms with Crippen molar-refractivity contribution in [2.75, 3.05) is 33.8 Å². The van der Waals surface area contributed by atoms with Gasteiger partial charge in [0.1, 0.15) is 19.2 Å². The second kappa shape index (κ2) is 11.6. The van der Waals surface area contributed by atoms with E-state index in [1.807, 2.05) is 6.92 Å². The highest BCUT2D eigenvalue weighted by atomic mass is 16.5. The first kappa shape index (κ1) is 29.6. The molecule has 0 aromatic carbocycles. The van der Waals surface area contributed by atoms with Crippen molar-refractivity contribution >= 4 is 0 Å². The Balaban J connectivity index is 1.36. The molecule has 214 valence electrons. The Hall–Kier alpha value is -0.380. The normalized spacial score (nSPS) is 39.5. The molecule has 4 rings (SSSR count). The molecule has 1 N–H and O–H groups in total. The van der Waals surface area contributed by atoms with Crippen molar-refractivity contribution < 1.29 is 14.3 Å². The molecular formula is C34H62NO2+. The van der Waals surface area contributed by atoms with Crippen molar-refractivity contribution in [1.29, 1.82) is 0 Å². The number of allylic oxidation sites excluding steroid dienone is 1. The number of fused-ring (bicyclic) bond motifs is 5. The van der Waals surface area contributed by atoms with Gasteiger partial charge in [-0.1, -0.05) is 65.5 Å². The van der Waals surface area contributed by atoms with Crippen molar-refractivity contribution in [2.45, 2.75) is 124 Å². The lowest BCUT2D eigenvalue weighted by molar-refractivity contribution is -0.893. The number of ether oxygens (including phenoxy) is 1. The molecule has 4 aliphatic rings. The minimum atomic E-state index is -0.258. The van der Waals surface area contributed by atoms with Crippen LogP contribution in [0.25, 0.3) is 0 Å². The van der Waals surface area contributed by atoms with Crippen LogP contribution in [0.1, 0.15) is 112 Å². The van der Waals surface area contributed by atoms with Crippen LogP contribution in [0.4, 0.5) is 0 Å². The van der Waals surface area contributed by atoms with Gasteiger partial charge in [-0.05, 0) is 105 Å². The third kappa shape index (κ3) is 6.35. The summed E-state index contributed by atoms with van der Waals surface area (Å²) in [6.45, 7) is 17.2. The van der Waals surface area contributed by atoms with Crippen LogP contribution >= 0.6 is 0 Å². The molecule has 9 atom stereocenters. The highest BCUT2D eigenvalue weighted by Crippen LogP contribution is 2.67. The minimum absolute atomic E-state index is 0.258. The molecule has 3 fully saturated rings. The molecule has 3 heteroatoms. The Morgan fingerprint density at radius 3 is 2.46 bits per heavy atom. The fourth-order valence-corrected chi connectivity index (χ4v) is 10.1. The van der Waals surface area contributed by atoms with Gasteiger partial charge in [-0.2, -0.15) is 0 Å². The molecule has 4 aliphatic carbocycles. The molecule has 3 nitrogen and oxygen atoms in total. The first-order valence-corrected chi connectivity index (χ1v) is 16.2. The van der Waals surface area contributed by atoms with Crippen molar-refractivity contribution in [3.8, 4) is 0 Å². The van der Waals surface area contributed by atoms with Gasteiger partial charge in [0.05, 0.1) is 26.8 Å². The summed E-state index contributed by atoms with van der Waals surface area (Å²) in [4.78, 5) is 0. The van der Waals surface area contributed by atoms with Gasteiger partial charge in [0.2, 0.25) is 0 Å². The highest BCUT2D eigenvalue weighted by Gasteiger charge is 2.59. The maximum absolute atomic E-state index is 9.79. The zero-order valence-electron chi connectivity index (χ0n) is 25.9. The van der Waals surface area contributed by atoms with Gasteiger partial charge in [0.15, 0.2) is 0 Å². The molecule has 0 heterocycles. The van der Waals surface area contributed by atoms with E-state index in [1.54, 1.807) is 5.57 Å². The maximum atomic E-state index is 9.79. The van der Waals surface area contributed by atoms with Gasteiger partial charge in [-0.3, -0.25) is 0 Å². The van der Waals surface area contributed by atoms with Crippen LogP contribution in [-0.4, -0.2) is 55.6 Å². The summed E-state index contributed by atoms with van der Waals surface area (Å²) in [6, 6.07) is 0. The summed E-state index contributed by atoms with van der Waals surface area (Å²) >= 11 is 0. The zero-order chi connectivity index (χ0) is 27.0. The molecule has 0 bridgehead atoms. The van der Waals surface area contributed by atoms with E-state index < -0.39 is 0 Å². The van der Waals surface area contributed by atoms with E-state index in [9.17, 15) is 5.11 Å². The molecule has 0 radical (unpaired) electrons. The molecule has 0 saturated heterocycles. The van der Waals surface area contributed by atoms with E-state index in [2.05, 4.69) is 54.8 Å². The molecule has 37 heavy (non-hydrogen) atoms. The molecule has 0 aromatic rings. The Morgan fingerprint density at radius 1 is 1.00 bits per heavy atom. The number of quaternary nitrogens is 1. The molecule has 0 aromatic heterocycles. The molecule has 0 spiro atoms. The van der Waals surface area contributed by atoms with Crippen LogP contribution < -0.4 is 0 Å². The molecule has 3 saturated carbocycles. The van der Waals surface area contributed by atoms with E-state index >= 15 is 0 Å². The SMILES string of the molecule is CC(C)CCCC(C)C1CCC2C3CC=C4CC(OCC[N+](C)(C)CC(C)O)CCC4(C)C3CCC12C. The van der Waals surface area contributed by atoms with Crippen molar-refractivity contribution in [3.63, 3.8) is 0 Å². The standard InChI is InChI=1S/C34H62NO2/c1-24(2)10-9-11-25(3)30-14-15-31-29-13-12-27-22-28(37-21-20-35(7,8)23-26(4)36)16-18-33(27,5)32(29)17-19-34(30,31)6/h12,24-26,28-32,36H,9-11,13-23H2,1-8H3/q+1. The Kier molecular flexibility index (Phi) is 9.29. The van der Waals surface area contributed by atoms with Crippen molar-refractivity contribution in [2.24, 2.45) is 46.3 Å². The number of hydrogen-bond acceptors (Lipinski definition) is 2. The van der Waals surface area contributed by atoms with Gasteiger partial charge in [-0.15, -0.1) is 0 Å². The number of aliphatic hydroxyl groups is 1. The lowest BCUT2D eigenvalue weighted by atomic mass is 9.47. The van der Waals surface area contributed by atoms with Crippen LogP contribution in [-0.2, 0) is 4.74 Å². The van der Waals surface area contributed by atoms with Crippen molar-refractivity contribution in [3.05, 3.63) is 11.6 Å². The van der Waals surface area contributed by atoms with E-state index in [-0.39, 0.29) is 6.10 Å². The van der Waals surface area contributed by atoms with Gasteiger partial charge in [0, 0.05) is 0 Å². The second-order valence-corrected chi connectivity index (χ2v) is 15.7. The number of likely N-dealkylation sites (N-methyl/N-ethyl adjacent to an activating group) is 1. The molecule has 0 amide bonds. The van der Waals surface area contributed by atoms with Crippen LogP contribution in [0.2, 0.25) is 0 Å². The fourth-order valence-electron chi connectivity index (χ4n) is 10.1. The molecular weight excluding hydrogens is 454 g/mol. The summed E-state index contributed by atoms with van der Waals surface area (Å²) in [5.41, 5.74) is 2.73. The lowest BCUT2D eigenvalue weighted by Gasteiger charge is -2.58. The van der Waals surface area contributed by atoms with E-state index in [0.29, 0.717) is 16.9 Å². The number of rotatable bonds is 11.